The lowest BCUT2D eigenvalue weighted by atomic mass is 9.84. The molecule has 0 spiro atoms. The summed E-state index contributed by atoms with van der Waals surface area (Å²) in [6.45, 7) is 6.99. The Bertz CT molecular complexity index is 661. The summed E-state index contributed by atoms with van der Waals surface area (Å²) in [6.07, 6.45) is 1.02. The monoisotopic (exact) mass is 506 g/mol. The minimum absolute atomic E-state index is 0. The zero-order valence-electron chi connectivity index (χ0n) is 17.1. The summed E-state index contributed by atoms with van der Waals surface area (Å²) in [7, 11) is 3.42. The van der Waals surface area contributed by atoms with Crippen LogP contribution < -0.4 is 10.6 Å². The van der Waals surface area contributed by atoms with E-state index >= 15 is 0 Å². The molecule has 1 unspecified atom stereocenters. The molecule has 0 bridgehead atoms. The zero-order chi connectivity index (χ0) is 19.9. The molecule has 28 heavy (non-hydrogen) atoms. The van der Waals surface area contributed by atoms with Gasteiger partial charge in [0.25, 0.3) is 0 Å². The second-order valence-corrected chi connectivity index (χ2v) is 7.81. The van der Waals surface area contributed by atoms with Crippen LogP contribution >= 0.6 is 24.0 Å². The van der Waals surface area contributed by atoms with Crippen LogP contribution in [0.15, 0.2) is 29.3 Å². The van der Waals surface area contributed by atoms with Crippen LogP contribution in [-0.2, 0) is 14.9 Å². The van der Waals surface area contributed by atoms with Crippen LogP contribution in [-0.4, -0.2) is 63.7 Å². The van der Waals surface area contributed by atoms with E-state index in [9.17, 15) is 9.18 Å². The summed E-state index contributed by atoms with van der Waals surface area (Å²) in [5, 5.41) is 6.61. The molecule has 6 nitrogen and oxygen atoms in total. The van der Waals surface area contributed by atoms with Gasteiger partial charge in [-0.2, -0.15) is 0 Å². The number of aliphatic imine (C=N–C) groups is 1. The molecule has 0 aromatic heterocycles. The van der Waals surface area contributed by atoms with Crippen LogP contribution in [0, 0.1) is 11.7 Å². The molecule has 0 saturated carbocycles. The molecule has 0 radical (unpaired) electrons. The van der Waals surface area contributed by atoms with Crippen molar-refractivity contribution in [2.24, 2.45) is 10.9 Å². The molecule has 1 amide bonds. The van der Waals surface area contributed by atoms with E-state index in [-0.39, 0.29) is 47.7 Å². The number of carbonyl (C=O) groups is 1. The Morgan fingerprint density at radius 2 is 2.11 bits per heavy atom. The van der Waals surface area contributed by atoms with Gasteiger partial charge in [0, 0.05) is 45.1 Å². The third kappa shape index (κ3) is 7.90. The molecule has 1 fully saturated rings. The van der Waals surface area contributed by atoms with Gasteiger partial charge in [-0.15, -0.1) is 24.0 Å². The number of rotatable bonds is 7. The van der Waals surface area contributed by atoms with Crippen molar-refractivity contribution in [3.05, 3.63) is 35.6 Å². The number of ether oxygens (including phenoxy) is 1. The Morgan fingerprint density at radius 3 is 2.71 bits per heavy atom. The van der Waals surface area contributed by atoms with E-state index in [1.165, 1.54) is 11.0 Å². The molecular weight excluding hydrogens is 474 g/mol. The summed E-state index contributed by atoms with van der Waals surface area (Å²) in [5.74, 6) is 0.717. The van der Waals surface area contributed by atoms with Crippen molar-refractivity contribution in [2.45, 2.75) is 25.7 Å². The fraction of sp³-hybridized carbons (Fsp3) is 0.600. The Labute approximate surface area is 184 Å². The SMILES string of the molecule is CN(C)C(=O)CN=C(NCC1CCOC1)NCC(C)(C)c1cccc(F)c1.I. The molecule has 1 aliphatic heterocycles. The number of halogens is 2. The van der Waals surface area contributed by atoms with Crippen LogP contribution in [0.1, 0.15) is 25.8 Å². The first kappa shape index (κ1) is 24.6. The number of hydrogen-bond donors (Lipinski definition) is 2. The normalized spacial score (nSPS) is 17.0. The molecule has 0 aliphatic carbocycles. The molecule has 158 valence electrons. The first-order valence-electron chi connectivity index (χ1n) is 9.34. The molecular formula is C20H32FIN4O2. The van der Waals surface area contributed by atoms with Crippen LogP contribution in [0.3, 0.4) is 0 Å². The lowest BCUT2D eigenvalue weighted by Crippen LogP contribution is -2.45. The molecule has 2 N–H and O–H groups in total. The number of nitrogens with one attached hydrogen (secondary N) is 2. The number of amides is 1. The Hall–Kier alpha value is -1.42. The van der Waals surface area contributed by atoms with E-state index in [1.54, 1.807) is 26.2 Å². The predicted octanol–water partition coefficient (Wildman–Crippen LogP) is 2.38. The molecule has 1 aromatic rings. The van der Waals surface area contributed by atoms with Crippen molar-refractivity contribution >= 4 is 35.8 Å². The van der Waals surface area contributed by atoms with E-state index in [0.717, 1.165) is 31.7 Å². The molecule has 8 heteroatoms. The minimum atomic E-state index is -0.299. The maximum atomic E-state index is 13.6. The van der Waals surface area contributed by atoms with E-state index in [4.69, 9.17) is 4.74 Å². The summed E-state index contributed by atoms with van der Waals surface area (Å²) in [5.41, 5.74) is 0.606. The number of carbonyl (C=O) groups excluding carboxylic acids is 1. The Kier molecular flexibility index (Phi) is 10.2. The van der Waals surface area contributed by atoms with Crippen molar-refractivity contribution in [2.75, 3.05) is 46.9 Å². The second-order valence-electron chi connectivity index (χ2n) is 7.81. The van der Waals surface area contributed by atoms with Crippen molar-refractivity contribution in [1.82, 2.24) is 15.5 Å². The third-order valence-corrected chi connectivity index (χ3v) is 4.76. The van der Waals surface area contributed by atoms with Crippen molar-refractivity contribution in [1.29, 1.82) is 0 Å². The maximum Gasteiger partial charge on any atom is 0.243 e. The first-order chi connectivity index (χ1) is 12.8. The highest BCUT2D eigenvalue weighted by Crippen LogP contribution is 2.22. The van der Waals surface area contributed by atoms with Gasteiger partial charge in [-0.1, -0.05) is 26.0 Å². The fourth-order valence-corrected chi connectivity index (χ4v) is 2.76. The highest BCUT2D eigenvalue weighted by molar-refractivity contribution is 14.0. The molecule has 1 aliphatic rings. The van der Waals surface area contributed by atoms with Gasteiger partial charge < -0.3 is 20.3 Å². The largest absolute Gasteiger partial charge is 0.381 e. The van der Waals surface area contributed by atoms with Crippen LogP contribution in [0.25, 0.3) is 0 Å². The van der Waals surface area contributed by atoms with E-state index in [0.29, 0.717) is 18.4 Å². The quantitative estimate of drug-likeness (QED) is 0.339. The van der Waals surface area contributed by atoms with Crippen molar-refractivity contribution in [3.8, 4) is 0 Å². The van der Waals surface area contributed by atoms with E-state index in [1.807, 2.05) is 19.9 Å². The summed E-state index contributed by atoms with van der Waals surface area (Å²) >= 11 is 0. The van der Waals surface area contributed by atoms with Crippen LogP contribution in [0.5, 0.6) is 0 Å². The Morgan fingerprint density at radius 1 is 1.36 bits per heavy atom. The number of nitrogens with zero attached hydrogens (tertiary/aromatic N) is 2. The molecule has 1 saturated heterocycles. The number of benzene rings is 1. The van der Waals surface area contributed by atoms with Gasteiger partial charge in [0.1, 0.15) is 12.4 Å². The fourth-order valence-electron chi connectivity index (χ4n) is 2.76. The number of hydrogen-bond acceptors (Lipinski definition) is 3. The first-order valence-corrected chi connectivity index (χ1v) is 9.34. The van der Waals surface area contributed by atoms with Gasteiger partial charge in [0.15, 0.2) is 5.96 Å². The second kappa shape index (κ2) is 11.5. The highest BCUT2D eigenvalue weighted by atomic mass is 127. The Balaban J connectivity index is 0.00000392. The molecule has 1 heterocycles. The van der Waals surface area contributed by atoms with Gasteiger partial charge >= 0.3 is 0 Å². The van der Waals surface area contributed by atoms with Gasteiger partial charge in [0.2, 0.25) is 5.91 Å². The van der Waals surface area contributed by atoms with E-state index < -0.39 is 0 Å². The number of likely N-dealkylation sites (N-methyl/N-ethyl adjacent to an activating group) is 1. The molecule has 1 atom stereocenters. The van der Waals surface area contributed by atoms with Gasteiger partial charge in [-0.05, 0) is 24.1 Å². The molecule has 1 aromatic carbocycles. The predicted molar refractivity (Wildman–Crippen MR) is 121 cm³/mol. The summed E-state index contributed by atoms with van der Waals surface area (Å²) in [4.78, 5) is 17.8. The van der Waals surface area contributed by atoms with E-state index in [2.05, 4.69) is 15.6 Å². The number of guanidine groups is 1. The van der Waals surface area contributed by atoms with Crippen molar-refractivity contribution in [3.63, 3.8) is 0 Å². The topological polar surface area (TPSA) is 66.0 Å². The third-order valence-electron chi connectivity index (χ3n) is 4.76. The van der Waals surface area contributed by atoms with Crippen LogP contribution in [0.4, 0.5) is 4.39 Å². The standard InChI is InChI=1S/C20H31FN4O2.HI/c1-20(2,16-6-5-7-17(21)10-16)14-24-19(23-12-18(26)25(3)4)22-11-15-8-9-27-13-15;/h5-7,10,15H,8-9,11-14H2,1-4H3,(H2,22,23,24);1H. The van der Waals surface area contributed by atoms with Gasteiger partial charge in [-0.25, -0.2) is 9.38 Å². The average molecular weight is 506 g/mol. The van der Waals surface area contributed by atoms with Gasteiger partial charge in [0.05, 0.1) is 6.61 Å². The minimum Gasteiger partial charge on any atom is -0.381 e. The average Bonchev–Trinajstić information content (AvgIpc) is 3.14. The highest BCUT2D eigenvalue weighted by Gasteiger charge is 2.22. The zero-order valence-corrected chi connectivity index (χ0v) is 19.5. The van der Waals surface area contributed by atoms with Crippen molar-refractivity contribution < 1.29 is 13.9 Å². The maximum absolute atomic E-state index is 13.6. The lowest BCUT2D eigenvalue weighted by molar-refractivity contribution is -0.127. The lowest BCUT2D eigenvalue weighted by Gasteiger charge is -2.27. The summed E-state index contributed by atoms with van der Waals surface area (Å²) < 4.78 is 19.0. The summed E-state index contributed by atoms with van der Waals surface area (Å²) in [6, 6.07) is 6.63. The van der Waals surface area contributed by atoms with Crippen LogP contribution in [0.2, 0.25) is 0 Å². The van der Waals surface area contributed by atoms with Gasteiger partial charge in [-0.3, -0.25) is 4.79 Å². The molecule has 2 rings (SSSR count). The smallest absolute Gasteiger partial charge is 0.243 e.